The van der Waals surface area contributed by atoms with Gasteiger partial charge in [0.25, 0.3) is 0 Å². The highest BCUT2D eigenvalue weighted by molar-refractivity contribution is 6.30. The third-order valence-corrected chi connectivity index (χ3v) is 2.19. The Morgan fingerprint density at radius 1 is 1.47 bits per heavy atom. The van der Waals surface area contributed by atoms with Crippen LogP contribution in [0.4, 0.5) is 6.01 Å². The summed E-state index contributed by atoms with van der Waals surface area (Å²) in [4.78, 5) is 8.22. The van der Waals surface area contributed by atoms with Crippen molar-refractivity contribution in [2.24, 2.45) is 0 Å². The van der Waals surface area contributed by atoms with Crippen LogP contribution in [0.15, 0.2) is 22.9 Å². The zero-order chi connectivity index (χ0) is 12.1. The zero-order valence-corrected chi connectivity index (χ0v) is 9.94. The van der Waals surface area contributed by atoms with Gasteiger partial charge in [-0.25, -0.2) is 0 Å². The molecule has 17 heavy (non-hydrogen) atoms. The third-order valence-electron chi connectivity index (χ3n) is 1.96. The molecule has 0 aromatic carbocycles. The zero-order valence-electron chi connectivity index (χ0n) is 9.18. The maximum Gasteiger partial charge on any atom is 0.321 e. The highest BCUT2D eigenvalue weighted by Crippen LogP contribution is 2.16. The molecule has 7 heteroatoms. The van der Waals surface area contributed by atoms with Crippen molar-refractivity contribution in [3.8, 4) is 11.5 Å². The van der Waals surface area contributed by atoms with E-state index in [0.717, 1.165) is 0 Å². The molecule has 0 saturated heterocycles. The van der Waals surface area contributed by atoms with Crippen molar-refractivity contribution in [3.63, 3.8) is 0 Å². The minimum Gasteiger partial charge on any atom is -0.383 e. The van der Waals surface area contributed by atoms with E-state index in [1.807, 2.05) is 0 Å². The molecule has 0 fully saturated rings. The van der Waals surface area contributed by atoms with Gasteiger partial charge in [-0.3, -0.25) is 4.98 Å². The van der Waals surface area contributed by atoms with Crippen molar-refractivity contribution < 1.29 is 9.26 Å². The van der Waals surface area contributed by atoms with E-state index >= 15 is 0 Å². The predicted octanol–water partition coefficient (Wildman–Crippen LogP) is 1.84. The van der Waals surface area contributed by atoms with Gasteiger partial charge >= 0.3 is 6.01 Å². The fourth-order valence-corrected chi connectivity index (χ4v) is 1.28. The number of halogens is 1. The topological polar surface area (TPSA) is 73.1 Å². The SMILES string of the molecule is COCCNc1nc(-c2ccc(Cl)cn2)no1. The molecule has 0 bridgehead atoms. The molecule has 2 rings (SSSR count). The van der Waals surface area contributed by atoms with Crippen molar-refractivity contribution in [2.75, 3.05) is 25.6 Å². The lowest BCUT2D eigenvalue weighted by atomic mass is 10.3. The molecule has 0 radical (unpaired) electrons. The van der Waals surface area contributed by atoms with Gasteiger partial charge in [-0.05, 0) is 12.1 Å². The second-order valence-electron chi connectivity index (χ2n) is 3.20. The number of ether oxygens (including phenoxy) is 1. The van der Waals surface area contributed by atoms with Crippen LogP contribution in [0.2, 0.25) is 5.02 Å². The molecule has 0 saturated carbocycles. The molecule has 0 aliphatic carbocycles. The summed E-state index contributed by atoms with van der Waals surface area (Å²) in [6, 6.07) is 3.79. The first-order chi connectivity index (χ1) is 8.29. The van der Waals surface area contributed by atoms with Gasteiger partial charge in [-0.15, -0.1) is 0 Å². The van der Waals surface area contributed by atoms with Gasteiger partial charge in [-0.2, -0.15) is 4.98 Å². The van der Waals surface area contributed by atoms with Crippen LogP contribution in [-0.4, -0.2) is 35.4 Å². The second kappa shape index (κ2) is 5.60. The van der Waals surface area contributed by atoms with Crippen LogP contribution in [0.25, 0.3) is 11.5 Å². The number of hydrogen-bond donors (Lipinski definition) is 1. The van der Waals surface area contributed by atoms with Gasteiger partial charge < -0.3 is 14.6 Å². The van der Waals surface area contributed by atoms with Crippen LogP contribution in [0.1, 0.15) is 0 Å². The molecule has 0 atom stereocenters. The van der Waals surface area contributed by atoms with E-state index in [0.29, 0.717) is 35.7 Å². The molecule has 1 N–H and O–H groups in total. The molecule has 6 nitrogen and oxygen atoms in total. The first-order valence-electron chi connectivity index (χ1n) is 4.98. The smallest absolute Gasteiger partial charge is 0.321 e. The Kier molecular flexibility index (Phi) is 3.89. The molecule has 0 aliphatic heterocycles. The largest absolute Gasteiger partial charge is 0.383 e. The number of nitrogens with one attached hydrogen (secondary N) is 1. The first kappa shape index (κ1) is 11.8. The molecule has 90 valence electrons. The summed E-state index contributed by atoms with van der Waals surface area (Å²) in [6.07, 6.45) is 1.53. The quantitative estimate of drug-likeness (QED) is 0.821. The number of rotatable bonds is 5. The maximum atomic E-state index is 5.74. The Morgan fingerprint density at radius 2 is 2.35 bits per heavy atom. The number of aromatic nitrogens is 3. The number of hydrogen-bond acceptors (Lipinski definition) is 6. The molecule has 2 aromatic heterocycles. The first-order valence-corrected chi connectivity index (χ1v) is 5.36. The van der Waals surface area contributed by atoms with Gasteiger partial charge in [0.05, 0.1) is 11.6 Å². The predicted molar refractivity (Wildman–Crippen MR) is 62.9 cm³/mol. The fourth-order valence-electron chi connectivity index (χ4n) is 1.17. The lowest BCUT2D eigenvalue weighted by Crippen LogP contribution is -2.07. The minimum atomic E-state index is 0.341. The molecule has 0 unspecified atom stereocenters. The lowest BCUT2D eigenvalue weighted by molar-refractivity contribution is 0.210. The highest BCUT2D eigenvalue weighted by Gasteiger charge is 2.08. The van der Waals surface area contributed by atoms with Gasteiger partial charge in [0.15, 0.2) is 0 Å². The van der Waals surface area contributed by atoms with Gasteiger partial charge in [-0.1, -0.05) is 16.8 Å². The van der Waals surface area contributed by atoms with E-state index in [1.165, 1.54) is 6.20 Å². The normalized spacial score (nSPS) is 10.5. The molecule has 2 heterocycles. The minimum absolute atomic E-state index is 0.341. The van der Waals surface area contributed by atoms with Crippen LogP contribution in [0.5, 0.6) is 0 Å². The molecule has 2 aromatic rings. The molecular formula is C10H11ClN4O2. The number of anilines is 1. The molecule has 0 aliphatic rings. The van der Waals surface area contributed by atoms with Crippen LogP contribution < -0.4 is 5.32 Å². The molecule has 0 amide bonds. The Bertz CT molecular complexity index is 471. The van der Waals surface area contributed by atoms with Gasteiger partial charge in [0, 0.05) is 19.9 Å². The van der Waals surface area contributed by atoms with Crippen molar-refractivity contribution >= 4 is 17.6 Å². The fraction of sp³-hybridized carbons (Fsp3) is 0.300. The summed E-state index contributed by atoms with van der Waals surface area (Å²) in [5, 5.41) is 7.29. The van der Waals surface area contributed by atoms with E-state index < -0.39 is 0 Å². The van der Waals surface area contributed by atoms with Crippen LogP contribution in [-0.2, 0) is 4.74 Å². The Labute approximate surface area is 103 Å². The standard InChI is InChI=1S/C10H11ClN4O2/c1-16-5-4-12-10-14-9(15-17-10)8-3-2-7(11)6-13-8/h2-3,6H,4-5H2,1H3,(H,12,14,15). The van der Waals surface area contributed by atoms with Crippen LogP contribution >= 0.6 is 11.6 Å². The highest BCUT2D eigenvalue weighted by atomic mass is 35.5. The summed E-state index contributed by atoms with van der Waals surface area (Å²) in [6.45, 7) is 1.17. The third kappa shape index (κ3) is 3.15. The van der Waals surface area contributed by atoms with E-state index in [-0.39, 0.29) is 0 Å². The average molecular weight is 255 g/mol. The van der Waals surface area contributed by atoms with Crippen molar-refractivity contribution in [1.29, 1.82) is 0 Å². The van der Waals surface area contributed by atoms with Gasteiger partial charge in [0.2, 0.25) is 5.82 Å². The van der Waals surface area contributed by atoms with Gasteiger partial charge in [0.1, 0.15) is 5.69 Å². The molecule has 0 spiro atoms. The summed E-state index contributed by atoms with van der Waals surface area (Å²) in [7, 11) is 1.62. The van der Waals surface area contributed by atoms with Crippen molar-refractivity contribution in [3.05, 3.63) is 23.4 Å². The summed E-state index contributed by atoms with van der Waals surface area (Å²) >= 11 is 5.74. The Hall–Kier alpha value is -1.66. The summed E-state index contributed by atoms with van der Waals surface area (Å²) < 4.78 is 9.88. The van der Waals surface area contributed by atoms with E-state index in [4.69, 9.17) is 20.9 Å². The molecular weight excluding hydrogens is 244 g/mol. The number of pyridine rings is 1. The lowest BCUT2D eigenvalue weighted by Gasteiger charge is -1.97. The Balaban J connectivity index is 2.04. The Morgan fingerprint density at radius 3 is 3.06 bits per heavy atom. The van der Waals surface area contributed by atoms with E-state index in [1.54, 1.807) is 19.2 Å². The van der Waals surface area contributed by atoms with Crippen molar-refractivity contribution in [2.45, 2.75) is 0 Å². The second-order valence-corrected chi connectivity index (χ2v) is 3.64. The summed E-state index contributed by atoms with van der Waals surface area (Å²) in [5.41, 5.74) is 0.609. The maximum absolute atomic E-state index is 5.74. The van der Waals surface area contributed by atoms with Crippen molar-refractivity contribution in [1.82, 2.24) is 15.1 Å². The summed E-state index contributed by atoms with van der Waals surface area (Å²) in [5.74, 6) is 0.418. The van der Waals surface area contributed by atoms with E-state index in [9.17, 15) is 0 Å². The van der Waals surface area contributed by atoms with E-state index in [2.05, 4.69) is 20.4 Å². The number of methoxy groups -OCH3 is 1. The van der Waals surface area contributed by atoms with Crippen LogP contribution in [0.3, 0.4) is 0 Å². The monoisotopic (exact) mass is 254 g/mol. The van der Waals surface area contributed by atoms with Crippen LogP contribution in [0, 0.1) is 0 Å². The average Bonchev–Trinajstić information content (AvgIpc) is 2.79. The number of nitrogens with zero attached hydrogens (tertiary/aromatic N) is 3.